The van der Waals surface area contributed by atoms with E-state index < -0.39 is 6.10 Å². The average Bonchev–Trinajstić information content (AvgIpc) is 1.87. The fourth-order valence-corrected chi connectivity index (χ4v) is 0.847. The predicted octanol–water partition coefficient (Wildman–Crippen LogP) is 0.942. The molecule has 0 aliphatic carbocycles. The zero-order valence-electron chi connectivity index (χ0n) is 6.67. The van der Waals surface area contributed by atoms with E-state index in [2.05, 4.69) is 6.58 Å². The van der Waals surface area contributed by atoms with Gasteiger partial charge in [-0.15, -0.1) is 0 Å². The van der Waals surface area contributed by atoms with Crippen molar-refractivity contribution in [2.45, 2.75) is 26.4 Å². The van der Waals surface area contributed by atoms with E-state index in [1.54, 1.807) is 6.92 Å². The predicted molar refractivity (Wildman–Crippen MR) is 41.7 cm³/mol. The van der Waals surface area contributed by atoms with Gasteiger partial charge in [-0.2, -0.15) is 0 Å². The topological polar surface area (TPSA) is 40.5 Å². The lowest BCUT2D eigenvalue weighted by molar-refractivity contribution is 0.128. The van der Waals surface area contributed by atoms with Gasteiger partial charge in [-0.3, -0.25) is 0 Å². The van der Waals surface area contributed by atoms with Crippen molar-refractivity contribution in [3.63, 3.8) is 0 Å². The molecule has 0 amide bonds. The number of hydrogen-bond donors (Lipinski definition) is 2. The van der Waals surface area contributed by atoms with Gasteiger partial charge in [0.2, 0.25) is 0 Å². The Morgan fingerprint density at radius 1 is 1.60 bits per heavy atom. The van der Waals surface area contributed by atoms with E-state index >= 15 is 0 Å². The van der Waals surface area contributed by atoms with E-state index in [1.807, 2.05) is 6.92 Å². The maximum atomic E-state index is 9.32. The van der Waals surface area contributed by atoms with Crippen LogP contribution < -0.4 is 0 Å². The lowest BCUT2D eigenvalue weighted by atomic mass is 9.97. The molecule has 60 valence electrons. The first-order chi connectivity index (χ1) is 4.59. The molecule has 0 fully saturated rings. The summed E-state index contributed by atoms with van der Waals surface area (Å²) in [6.45, 7) is 7.45. The largest absolute Gasteiger partial charge is 0.396 e. The molecule has 0 rings (SSSR count). The maximum Gasteiger partial charge on any atom is 0.0771 e. The summed E-state index contributed by atoms with van der Waals surface area (Å²) in [5.41, 5.74) is 0.765. The van der Waals surface area contributed by atoms with Crippen LogP contribution in [0.2, 0.25) is 0 Å². The molecule has 0 bridgehead atoms. The second-order valence-corrected chi connectivity index (χ2v) is 2.78. The highest BCUT2D eigenvalue weighted by molar-refractivity contribution is 4.98. The van der Waals surface area contributed by atoms with Crippen LogP contribution in [0.25, 0.3) is 0 Å². The van der Waals surface area contributed by atoms with Crippen molar-refractivity contribution in [2.75, 3.05) is 6.61 Å². The van der Waals surface area contributed by atoms with Crippen molar-refractivity contribution in [3.05, 3.63) is 12.2 Å². The van der Waals surface area contributed by atoms with Crippen LogP contribution in [0.4, 0.5) is 0 Å². The van der Waals surface area contributed by atoms with Gasteiger partial charge in [-0.1, -0.05) is 19.1 Å². The van der Waals surface area contributed by atoms with Crippen LogP contribution in [-0.2, 0) is 0 Å². The molecule has 0 saturated carbocycles. The van der Waals surface area contributed by atoms with Crippen molar-refractivity contribution >= 4 is 0 Å². The fourth-order valence-electron chi connectivity index (χ4n) is 0.847. The van der Waals surface area contributed by atoms with Crippen LogP contribution in [0, 0.1) is 5.92 Å². The first kappa shape index (κ1) is 9.66. The van der Waals surface area contributed by atoms with Gasteiger partial charge in [0, 0.05) is 6.61 Å². The highest BCUT2D eigenvalue weighted by Crippen LogP contribution is 2.13. The number of aliphatic hydroxyl groups is 2. The molecule has 0 aliphatic heterocycles. The third-order valence-corrected chi connectivity index (χ3v) is 1.63. The van der Waals surface area contributed by atoms with E-state index in [-0.39, 0.29) is 12.5 Å². The van der Waals surface area contributed by atoms with Crippen LogP contribution in [0.5, 0.6) is 0 Å². The van der Waals surface area contributed by atoms with Gasteiger partial charge in [-0.05, 0) is 19.3 Å². The molecule has 0 spiro atoms. The monoisotopic (exact) mass is 144 g/mol. The summed E-state index contributed by atoms with van der Waals surface area (Å²) < 4.78 is 0. The Hall–Kier alpha value is -0.340. The molecular weight excluding hydrogens is 128 g/mol. The Labute approximate surface area is 62.2 Å². The second kappa shape index (κ2) is 4.47. The van der Waals surface area contributed by atoms with E-state index in [1.165, 1.54) is 0 Å². The molecule has 0 saturated heterocycles. The molecule has 10 heavy (non-hydrogen) atoms. The molecule has 0 heterocycles. The lowest BCUT2D eigenvalue weighted by Gasteiger charge is -2.17. The van der Waals surface area contributed by atoms with Crippen LogP contribution in [0.3, 0.4) is 0 Å². The van der Waals surface area contributed by atoms with Gasteiger partial charge >= 0.3 is 0 Å². The first-order valence-corrected chi connectivity index (χ1v) is 3.54. The van der Waals surface area contributed by atoms with Gasteiger partial charge in [-0.25, -0.2) is 0 Å². The van der Waals surface area contributed by atoms with E-state index in [4.69, 9.17) is 5.11 Å². The Bertz CT molecular complexity index is 110. The Morgan fingerprint density at radius 2 is 2.10 bits per heavy atom. The Morgan fingerprint density at radius 3 is 2.40 bits per heavy atom. The summed E-state index contributed by atoms with van der Waals surface area (Å²) in [5.74, 6) is 0.113. The normalized spacial score (nSPS) is 16.4. The quantitative estimate of drug-likeness (QED) is 0.576. The van der Waals surface area contributed by atoms with Crippen LogP contribution in [0.1, 0.15) is 20.3 Å². The van der Waals surface area contributed by atoms with Gasteiger partial charge in [0.15, 0.2) is 0 Å². The summed E-state index contributed by atoms with van der Waals surface area (Å²) in [4.78, 5) is 0. The smallest absolute Gasteiger partial charge is 0.0771 e. The molecule has 2 atom stereocenters. The molecular formula is C8H16O2. The summed E-state index contributed by atoms with van der Waals surface area (Å²) in [5, 5.41) is 17.8. The third-order valence-electron chi connectivity index (χ3n) is 1.63. The second-order valence-electron chi connectivity index (χ2n) is 2.78. The molecule has 0 unspecified atom stereocenters. The molecule has 2 heteroatoms. The standard InChI is InChI=1S/C8H16O2/c1-6(2)8(10)7(3)4-5-9/h7-10H,1,4-5H2,2-3H3/t7-,8-/m0/s1. The number of hydrogen-bond acceptors (Lipinski definition) is 2. The van der Waals surface area contributed by atoms with Crippen molar-refractivity contribution in [3.8, 4) is 0 Å². The number of aliphatic hydroxyl groups excluding tert-OH is 2. The van der Waals surface area contributed by atoms with Gasteiger partial charge in [0.25, 0.3) is 0 Å². The zero-order chi connectivity index (χ0) is 8.15. The van der Waals surface area contributed by atoms with Crippen molar-refractivity contribution < 1.29 is 10.2 Å². The summed E-state index contributed by atoms with van der Waals surface area (Å²) in [7, 11) is 0. The summed E-state index contributed by atoms with van der Waals surface area (Å²) in [6, 6.07) is 0. The fraction of sp³-hybridized carbons (Fsp3) is 0.750. The molecule has 2 N–H and O–H groups in total. The van der Waals surface area contributed by atoms with Crippen molar-refractivity contribution in [2.24, 2.45) is 5.92 Å². The van der Waals surface area contributed by atoms with Crippen LogP contribution >= 0.6 is 0 Å². The van der Waals surface area contributed by atoms with Crippen molar-refractivity contribution in [1.29, 1.82) is 0 Å². The van der Waals surface area contributed by atoms with Crippen LogP contribution in [0.15, 0.2) is 12.2 Å². The van der Waals surface area contributed by atoms with Gasteiger partial charge in [0.1, 0.15) is 0 Å². The Balaban J connectivity index is 3.69. The minimum absolute atomic E-state index is 0.113. The lowest BCUT2D eigenvalue weighted by Crippen LogP contribution is -2.19. The molecule has 0 aromatic carbocycles. The molecule has 0 aliphatic rings. The average molecular weight is 144 g/mol. The maximum absolute atomic E-state index is 9.32. The van der Waals surface area contributed by atoms with Gasteiger partial charge < -0.3 is 10.2 Å². The zero-order valence-corrected chi connectivity index (χ0v) is 6.67. The first-order valence-electron chi connectivity index (χ1n) is 3.54. The van der Waals surface area contributed by atoms with Gasteiger partial charge in [0.05, 0.1) is 6.10 Å². The highest BCUT2D eigenvalue weighted by Gasteiger charge is 2.13. The van der Waals surface area contributed by atoms with Crippen LogP contribution in [-0.4, -0.2) is 22.9 Å². The summed E-state index contributed by atoms with van der Waals surface area (Å²) >= 11 is 0. The molecule has 2 nitrogen and oxygen atoms in total. The minimum Gasteiger partial charge on any atom is -0.396 e. The molecule has 0 aromatic rings. The highest BCUT2D eigenvalue weighted by atomic mass is 16.3. The van der Waals surface area contributed by atoms with Crippen molar-refractivity contribution in [1.82, 2.24) is 0 Å². The van der Waals surface area contributed by atoms with E-state index in [0.717, 1.165) is 5.57 Å². The van der Waals surface area contributed by atoms with E-state index in [9.17, 15) is 5.11 Å². The summed E-state index contributed by atoms with van der Waals surface area (Å²) in [6.07, 6.45) is 0.167. The third kappa shape index (κ3) is 2.99. The number of rotatable bonds is 4. The van der Waals surface area contributed by atoms with E-state index in [0.29, 0.717) is 6.42 Å². The molecule has 0 radical (unpaired) electrons. The Kier molecular flexibility index (Phi) is 4.32. The minimum atomic E-state index is -0.466. The molecule has 0 aromatic heterocycles. The SMILES string of the molecule is C=C(C)[C@H](O)[C@@H](C)CCO.